The van der Waals surface area contributed by atoms with Crippen molar-refractivity contribution < 1.29 is 24.9 Å². The summed E-state index contributed by atoms with van der Waals surface area (Å²) in [5, 5.41) is 1.20. The van der Waals surface area contributed by atoms with E-state index in [1.54, 1.807) is 7.11 Å². The molecule has 2 aromatic carbocycles. The first-order valence-corrected chi connectivity index (χ1v) is 19.5. The number of benzene rings is 2. The Morgan fingerprint density at radius 1 is 1.04 bits per heavy atom. The summed E-state index contributed by atoms with van der Waals surface area (Å²) in [5.74, 6) is 1.64. The van der Waals surface area contributed by atoms with Gasteiger partial charge in [-0.2, -0.15) is 12.7 Å². The number of hydrogen-bond acceptors (Lipinski definition) is 6. The predicted octanol–water partition coefficient (Wildman–Crippen LogP) is 5.22. The predicted molar refractivity (Wildman–Crippen MR) is 196 cm³/mol. The van der Waals surface area contributed by atoms with Gasteiger partial charge in [0, 0.05) is 74.7 Å². The van der Waals surface area contributed by atoms with Gasteiger partial charge in [0.1, 0.15) is 5.75 Å². The molecule has 5 aliphatic rings. The molecule has 3 aromatic rings. The Morgan fingerprint density at radius 2 is 1.80 bits per heavy atom. The van der Waals surface area contributed by atoms with E-state index < -0.39 is 16.1 Å². The molecule has 49 heavy (non-hydrogen) atoms. The number of nitrogens with zero attached hydrogens (tertiary/aromatic N) is 4. The molecule has 2 aliphatic carbocycles. The highest BCUT2D eigenvalue weighted by molar-refractivity contribution is 7.87. The highest BCUT2D eigenvalue weighted by atomic mass is 32.2. The molecule has 4 fully saturated rings. The van der Waals surface area contributed by atoms with Crippen molar-refractivity contribution in [3.63, 3.8) is 0 Å². The third kappa shape index (κ3) is 5.60. The molecule has 0 radical (unpaired) electrons. The number of carbonyl (C=O) groups excluding carboxylic acids is 1. The molecule has 2 bridgehead atoms. The summed E-state index contributed by atoms with van der Waals surface area (Å²) in [6, 6.07) is 13.9. The highest BCUT2D eigenvalue weighted by Gasteiger charge is 2.65. The number of amides is 1. The third-order valence-corrected chi connectivity index (χ3v) is 14.5. The normalized spacial score (nSPS) is 28.6. The molecule has 5 atom stereocenters. The van der Waals surface area contributed by atoms with Crippen molar-refractivity contribution in [3.05, 3.63) is 53.1 Å². The zero-order valence-electron chi connectivity index (χ0n) is 29.7. The Labute approximate surface area is 292 Å². The molecule has 2 saturated carbocycles. The van der Waals surface area contributed by atoms with E-state index in [9.17, 15) is 13.2 Å². The molecule has 2 saturated heterocycles. The van der Waals surface area contributed by atoms with E-state index in [-0.39, 0.29) is 12.3 Å². The largest absolute Gasteiger partial charge is 0.497 e. The van der Waals surface area contributed by atoms with Gasteiger partial charge >= 0.3 is 10.2 Å². The van der Waals surface area contributed by atoms with Crippen LogP contribution in [0.25, 0.3) is 22.2 Å². The van der Waals surface area contributed by atoms with E-state index in [0.29, 0.717) is 35.4 Å². The SMILES string of the molecule is COc1ccc2c(c1)[C@@H]1C(C)[C@]1(CN1CCC3CCC(C1)N3C)Cn1c-2c(C2CCCCC2)c2ccc(C(=O)NS(=O)(=O)N(C)C)cc21.O.[HH]. The fourth-order valence-corrected chi connectivity index (χ4v) is 10.8. The van der Waals surface area contributed by atoms with Gasteiger partial charge < -0.3 is 19.7 Å². The standard InChI is InChI=1S/C38H51N5O4S.H2O.H2/c1-24-35-32-20-29(47-5)14-16-30(32)36-34(25-9-7-6-8-10-25)31-15-11-26(37(44)39-48(45,46)40(2)3)19-33(31)43(36)23-38(24,35)22-42-18-17-27-12-13-28(21-42)41(27)4;;/h11,14-16,19-20,24-25,27-28,35H,6-10,12-13,17-18,21-23H2,1-5H3,(H,39,44);1H2;1H/t24?,27?,28?,35-,38-;;/m0../s1. The van der Waals surface area contributed by atoms with Crippen molar-refractivity contribution in [2.45, 2.75) is 88.8 Å². The summed E-state index contributed by atoms with van der Waals surface area (Å²) in [5.41, 5.74) is 6.82. The van der Waals surface area contributed by atoms with Crippen LogP contribution in [0.3, 0.4) is 0 Å². The first kappa shape index (κ1) is 34.5. The molecule has 10 nitrogen and oxygen atoms in total. The Balaban J connectivity index is 0.00000216. The first-order chi connectivity index (χ1) is 23.0. The number of fused-ring (bicyclic) bond motifs is 9. The average Bonchev–Trinajstić information content (AvgIpc) is 3.38. The van der Waals surface area contributed by atoms with Gasteiger partial charge in [-0.25, -0.2) is 4.72 Å². The molecule has 0 spiro atoms. The van der Waals surface area contributed by atoms with E-state index in [2.05, 4.69) is 57.3 Å². The maximum absolute atomic E-state index is 13.4. The van der Waals surface area contributed by atoms with Crippen LogP contribution >= 0.6 is 0 Å². The number of carbonyl (C=O) groups is 1. The lowest BCUT2D eigenvalue weighted by molar-refractivity contribution is 0.0979. The maximum atomic E-state index is 13.4. The third-order valence-electron chi connectivity index (χ3n) is 13.1. The first-order valence-electron chi connectivity index (χ1n) is 18.1. The lowest BCUT2D eigenvalue weighted by atomic mass is 9.81. The smallest absolute Gasteiger partial charge is 0.303 e. The van der Waals surface area contributed by atoms with Crippen LogP contribution in [0.1, 0.15) is 93.0 Å². The molecule has 3 N–H and O–H groups in total. The number of methoxy groups -OCH3 is 1. The van der Waals surface area contributed by atoms with Crippen molar-refractivity contribution in [1.29, 1.82) is 0 Å². The van der Waals surface area contributed by atoms with Gasteiger partial charge in [0.15, 0.2) is 0 Å². The molecular formula is C38H55N5O5S. The van der Waals surface area contributed by atoms with Gasteiger partial charge in [0.25, 0.3) is 5.91 Å². The lowest BCUT2D eigenvalue weighted by Crippen LogP contribution is -2.40. The van der Waals surface area contributed by atoms with Crippen LogP contribution in [0.2, 0.25) is 0 Å². The van der Waals surface area contributed by atoms with Gasteiger partial charge in [-0.1, -0.05) is 32.3 Å². The highest BCUT2D eigenvalue weighted by Crippen LogP contribution is 2.69. The van der Waals surface area contributed by atoms with Gasteiger partial charge in [-0.05, 0) is 105 Å². The number of likely N-dealkylation sites (N-methyl/N-ethyl adjacent to an activating group) is 1. The van der Waals surface area contributed by atoms with Crippen LogP contribution < -0.4 is 9.46 Å². The molecule has 11 heteroatoms. The zero-order valence-corrected chi connectivity index (χ0v) is 30.5. The maximum Gasteiger partial charge on any atom is 0.303 e. The topological polar surface area (TPSA) is 119 Å². The van der Waals surface area contributed by atoms with E-state index >= 15 is 0 Å². The molecule has 3 aliphatic heterocycles. The molecule has 4 heterocycles. The summed E-state index contributed by atoms with van der Waals surface area (Å²) >= 11 is 0. The van der Waals surface area contributed by atoms with Gasteiger partial charge in [0.2, 0.25) is 0 Å². The summed E-state index contributed by atoms with van der Waals surface area (Å²) in [6.45, 7) is 6.61. The Bertz CT molecular complexity index is 1870. The molecule has 3 unspecified atom stereocenters. The van der Waals surface area contributed by atoms with Crippen LogP contribution in [0, 0.1) is 11.3 Å². The van der Waals surface area contributed by atoms with Crippen LogP contribution in [0.15, 0.2) is 36.4 Å². The van der Waals surface area contributed by atoms with E-state index in [1.807, 2.05) is 12.1 Å². The minimum atomic E-state index is -3.92. The number of likely N-dealkylation sites (tertiary alicyclic amines) is 1. The minimum Gasteiger partial charge on any atom is -0.497 e. The van der Waals surface area contributed by atoms with Gasteiger partial charge in [-0.3, -0.25) is 9.69 Å². The fourth-order valence-electron chi connectivity index (χ4n) is 10.2. The number of hydrogen-bond donors (Lipinski definition) is 1. The molecule has 1 aromatic heterocycles. The number of ether oxygens (including phenoxy) is 1. The van der Waals surface area contributed by atoms with Crippen molar-refractivity contribution in [2.24, 2.45) is 11.3 Å². The van der Waals surface area contributed by atoms with E-state index in [1.165, 1.54) is 80.4 Å². The average molecular weight is 694 g/mol. The monoisotopic (exact) mass is 693 g/mol. The zero-order chi connectivity index (χ0) is 33.5. The summed E-state index contributed by atoms with van der Waals surface area (Å²) in [7, 11) is 3.02. The van der Waals surface area contributed by atoms with Crippen molar-refractivity contribution in [1.82, 2.24) is 23.4 Å². The van der Waals surface area contributed by atoms with Crippen molar-refractivity contribution in [3.8, 4) is 17.0 Å². The molecule has 1 amide bonds. The summed E-state index contributed by atoms with van der Waals surface area (Å²) in [4.78, 5) is 18.8. The van der Waals surface area contributed by atoms with Gasteiger partial charge in [-0.15, -0.1) is 0 Å². The number of nitrogens with one attached hydrogen (secondary N) is 1. The second-order valence-electron chi connectivity index (χ2n) is 15.7. The van der Waals surface area contributed by atoms with Crippen LogP contribution in [0.4, 0.5) is 0 Å². The van der Waals surface area contributed by atoms with Crippen LogP contribution in [0.5, 0.6) is 5.75 Å². The van der Waals surface area contributed by atoms with Crippen LogP contribution in [-0.2, 0) is 16.8 Å². The number of aromatic nitrogens is 1. The second-order valence-corrected chi connectivity index (χ2v) is 17.5. The molecule has 8 rings (SSSR count). The molecule has 268 valence electrons. The molecular weight excluding hydrogens is 639 g/mol. The fraction of sp³-hybridized carbons (Fsp3) is 0.605. The van der Waals surface area contributed by atoms with E-state index in [0.717, 1.165) is 54.6 Å². The van der Waals surface area contributed by atoms with E-state index in [4.69, 9.17) is 4.74 Å². The summed E-state index contributed by atoms with van der Waals surface area (Å²) < 4.78 is 36.9. The van der Waals surface area contributed by atoms with Crippen molar-refractivity contribution in [2.75, 3.05) is 47.9 Å². The quantitative estimate of drug-likeness (QED) is 0.363. The summed E-state index contributed by atoms with van der Waals surface area (Å²) in [6.07, 6.45) is 9.89. The number of rotatable bonds is 7. The lowest BCUT2D eigenvalue weighted by Gasteiger charge is -2.31. The Morgan fingerprint density at radius 3 is 2.53 bits per heavy atom. The second kappa shape index (κ2) is 12.7. The minimum absolute atomic E-state index is 0. The Kier molecular flexibility index (Phi) is 8.92. The van der Waals surface area contributed by atoms with Crippen molar-refractivity contribution >= 4 is 27.0 Å². The Hall–Kier alpha value is -2.96. The van der Waals surface area contributed by atoms with Crippen LogP contribution in [-0.4, -0.2) is 98.4 Å². The van der Waals surface area contributed by atoms with Gasteiger partial charge in [0.05, 0.1) is 12.8 Å².